The Morgan fingerprint density at radius 1 is 1.22 bits per heavy atom. The first-order valence-corrected chi connectivity index (χ1v) is 12.5. The van der Waals surface area contributed by atoms with Crippen molar-refractivity contribution in [1.29, 1.82) is 0 Å². The van der Waals surface area contributed by atoms with Crippen LogP contribution in [0.4, 0.5) is 18.9 Å². The van der Waals surface area contributed by atoms with Crippen LogP contribution < -0.4 is 0 Å². The molecule has 0 bridgehead atoms. The zero-order valence-corrected chi connectivity index (χ0v) is 20.2. The number of hydrogen-bond donors (Lipinski definition) is 2. The minimum atomic E-state index is -1.59. The van der Waals surface area contributed by atoms with Gasteiger partial charge in [0.1, 0.15) is 17.1 Å². The van der Waals surface area contributed by atoms with Crippen molar-refractivity contribution in [2.24, 2.45) is 10.9 Å². The molecule has 2 atom stereocenters. The molecule has 2 N–H and O–H groups in total. The highest BCUT2D eigenvalue weighted by Crippen LogP contribution is 2.48. The predicted octanol–water partition coefficient (Wildman–Crippen LogP) is 5.82. The maximum absolute atomic E-state index is 14.1. The standard InChI is InChI=1S/C25H19F3N4O4S/c1-2-35-24(34)23-21-10(9-29-23)17(18-12(30-21)4-3-5-14(18)33)15-6-7-16(36-15)37-25-31-13-8-11(26)19(27)20(28)22(13)32-25/h6-9,17-18,29H,2-5H2,1H3,(H,31,32). The van der Waals surface area contributed by atoms with Crippen molar-refractivity contribution in [3.8, 4) is 0 Å². The lowest BCUT2D eigenvalue weighted by Crippen LogP contribution is -2.36. The van der Waals surface area contributed by atoms with Gasteiger partial charge in [0.25, 0.3) is 0 Å². The molecule has 1 aromatic carbocycles. The summed E-state index contributed by atoms with van der Waals surface area (Å²) in [5.74, 6) is -5.34. The molecule has 1 aliphatic carbocycles. The molecule has 12 heteroatoms. The van der Waals surface area contributed by atoms with Crippen LogP contribution in [0.15, 0.2) is 44.1 Å². The summed E-state index contributed by atoms with van der Waals surface area (Å²) in [6.07, 6.45) is 3.37. The van der Waals surface area contributed by atoms with Crippen molar-refractivity contribution in [2.45, 2.75) is 42.4 Å². The third-order valence-electron chi connectivity index (χ3n) is 6.54. The molecule has 4 aromatic rings. The molecule has 2 aliphatic rings. The molecular formula is C25H19F3N4O4S. The molecular weight excluding hydrogens is 509 g/mol. The maximum atomic E-state index is 14.1. The van der Waals surface area contributed by atoms with Gasteiger partial charge < -0.3 is 19.1 Å². The fraction of sp³-hybridized carbons (Fsp3) is 0.280. The van der Waals surface area contributed by atoms with E-state index in [0.717, 1.165) is 17.8 Å². The highest BCUT2D eigenvalue weighted by molar-refractivity contribution is 7.99. The smallest absolute Gasteiger partial charge is 0.357 e. The van der Waals surface area contributed by atoms with E-state index >= 15 is 0 Å². The molecule has 8 nitrogen and oxygen atoms in total. The summed E-state index contributed by atoms with van der Waals surface area (Å²) in [5, 5.41) is 0.539. The van der Waals surface area contributed by atoms with Crippen LogP contribution in [0, 0.1) is 23.4 Å². The lowest BCUT2D eigenvalue weighted by molar-refractivity contribution is -0.122. The molecule has 0 saturated heterocycles. The summed E-state index contributed by atoms with van der Waals surface area (Å²) in [6.45, 7) is 1.92. The Bertz CT molecular complexity index is 1600. The van der Waals surface area contributed by atoms with E-state index in [1.807, 2.05) is 0 Å². The highest BCUT2D eigenvalue weighted by atomic mass is 32.2. The van der Waals surface area contributed by atoms with E-state index in [1.165, 1.54) is 0 Å². The average Bonchev–Trinajstić information content (AvgIpc) is 3.60. The van der Waals surface area contributed by atoms with E-state index < -0.39 is 35.3 Å². The number of benzene rings is 1. The summed E-state index contributed by atoms with van der Waals surface area (Å²) >= 11 is 1.00. The number of rotatable bonds is 5. The lowest BCUT2D eigenvalue weighted by atomic mass is 9.72. The van der Waals surface area contributed by atoms with Gasteiger partial charge in [-0.25, -0.2) is 22.9 Å². The number of halogens is 3. The number of carbonyl (C=O) groups is 2. The molecule has 4 heterocycles. The van der Waals surface area contributed by atoms with Gasteiger partial charge in [-0.05, 0) is 43.7 Å². The lowest BCUT2D eigenvalue weighted by Gasteiger charge is -2.32. The molecule has 1 saturated carbocycles. The van der Waals surface area contributed by atoms with Crippen molar-refractivity contribution in [3.05, 3.63) is 58.9 Å². The number of hydrogen-bond acceptors (Lipinski definition) is 7. The molecule has 1 aliphatic heterocycles. The Kier molecular flexibility index (Phi) is 5.70. The van der Waals surface area contributed by atoms with Gasteiger partial charge in [-0.15, -0.1) is 0 Å². The number of ether oxygens (including phenoxy) is 1. The van der Waals surface area contributed by atoms with Crippen LogP contribution in [-0.4, -0.2) is 39.0 Å². The number of fused-ring (bicyclic) bond motifs is 3. The van der Waals surface area contributed by atoms with E-state index in [0.29, 0.717) is 47.1 Å². The molecule has 1 fully saturated rings. The largest absolute Gasteiger partial charge is 0.461 e. The van der Waals surface area contributed by atoms with Crippen molar-refractivity contribution in [3.63, 3.8) is 0 Å². The van der Waals surface area contributed by atoms with Gasteiger partial charge in [-0.3, -0.25) is 9.79 Å². The third kappa shape index (κ3) is 3.86. The Balaban J connectivity index is 1.37. The Morgan fingerprint density at radius 3 is 2.86 bits per heavy atom. The van der Waals surface area contributed by atoms with Crippen LogP contribution in [0.3, 0.4) is 0 Å². The number of carbonyl (C=O) groups excluding carboxylic acids is 2. The van der Waals surface area contributed by atoms with Crippen LogP contribution in [0.1, 0.15) is 53.9 Å². The number of furan rings is 1. The van der Waals surface area contributed by atoms with Crippen molar-refractivity contribution in [2.75, 3.05) is 6.61 Å². The second-order valence-corrected chi connectivity index (χ2v) is 9.74. The number of aromatic amines is 2. The molecule has 3 aromatic heterocycles. The van der Waals surface area contributed by atoms with Crippen LogP contribution in [0.2, 0.25) is 0 Å². The van der Waals surface area contributed by atoms with Gasteiger partial charge in [-0.1, -0.05) is 0 Å². The first kappa shape index (κ1) is 23.6. The summed E-state index contributed by atoms with van der Waals surface area (Å²) in [4.78, 5) is 39.9. The van der Waals surface area contributed by atoms with Crippen LogP contribution in [0.25, 0.3) is 11.0 Å². The fourth-order valence-electron chi connectivity index (χ4n) is 4.97. The fourth-order valence-corrected chi connectivity index (χ4v) is 5.73. The molecule has 0 amide bonds. The number of imidazole rings is 1. The molecule has 2 unspecified atom stereocenters. The number of nitrogens with one attached hydrogen (secondary N) is 2. The maximum Gasteiger partial charge on any atom is 0.357 e. The Labute approximate surface area is 211 Å². The van der Waals surface area contributed by atoms with Crippen LogP contribution >= 0.6 is 11.8 Å². The topological polar surface area (TPSA) is 113 Å². The molecule has 190 valence electrons. The van der Waals surface area contributed by atoms with Crippen molar-refractivity contribution in [1.82, 2.24) is 15.0 Å². The van der Waals surface area contributed by atoms with Gasteiger partial charge in [0.2, 0.25) is 0 Å². The number of nitrogens with zero attached hydrogens (tertiary/aromatic N) is 2. The summed E-state index contributed by atoms with van der Waals surface area (Å²) in [5.41, 5.74) is 1.69. The Hall–Kier alpha value is -3.80. The minimum Gasteiger partial charge on any atom is -0.461 e. The number of ketones is 1. The van der Waals surface area contributed by atoms with E-state index in [2.05, 4.69) is 19.9 Å². The number of aromatic nitrogens is 3. The zero-order chi connectivity index (χ0) is 25.8. The van der Waals surface area contributed by atoms with Crippen molar-refractivity contribution >= 4 is 45.9 Å². The van der Waals surface area contributed by atoms with E-state index in [1.54, 1.807) is 25.3 Å². The normalized spacial score (nSPS) is 19.0. The highest BCUT2D eigenvalue weighted by Gasteiger charge is 2.44. The number of Topliss-reactive ketones (excluding diaryl/α,β-unsaturated/α-hetero) is 1. The first-order valence-electron chi connectivity index (χ1n) is 11.6. The number of aliphatic imine (C=N–C) groups is 1. The van der Waals surface area contributed by atoms with E-state index in [9.17, 15) is 22.8 Å². The monoisotopic (exact) mass is 528 g/mol. The molecule has 37 heavy (non-hydrogen) atoms. The van der Waals surface area contributed by atoms with E-state index in [-0.39, 0.29) is 34.3 Å². The minimum absolute atomic E-state index is 0.00933. The zero-order valence-electron chi connectivity index (χ0n) is 19.4. The summed E-state index contributed by atoms with van der Waals surface area (Å²) < 4.78 is 52.5. The van der Waals surface area contributed by atoms with E-state index in [4.69, 9.17) is 9.15 Å². The van der Waals surface area contributed by atoms with Gasteiger partial charge >= 0.3 is 5.97 Å². The predicted molar refractivity (Wildman–Crippen MR) is 127 cm³/mol. The first-order chi connectivity index (χ1) is 17.9. The van der Waals surface area contributed by atoms with Gasteiger partial charge in [0.05, 0.1) is 29.6 Å². The average molecular weight is 529 g/mol. The molecule has 6 rings (SSSR count). The summed E-state index contributed by atoms with van der Waals surface area (Å²) in [6, 6.07) is 4.23. The Morgan fingerprint density at radius 2 is 2.05 bits per heavy atom. The SMILES string of the molecule is CCOC(=O)c1[nH]cc2c1N=C1CCCC(=O)C1C2c1ccc(Sc2nc3c(F)c(F)c(F)cc3[nH]2)o1. The molecule has 0 radical (unpaired) electrons. The van der Waals surface area contributed by atoms with Gasteiger partial charge in [-0.2, -0.15) is 0 Å². The third-order valence-corrected chi connectivity index (χ3v) is 7.35. The molecule has 0 spiro atoms. The van der Waals surface area contributed by atoms with Gasteiger partial charge in [0, 0.05) is 30.0 Å². The number of esters is 1. The quantitative estimate of drug-likeness (QED) is 0.249. The number of H-pyrrole nitrogens is 2. The summed E-state index contributed by atoms with van der Waals surface area (Å²) in [7, 11) is 0. The van der Waals surface area contributed by atoms with Crippen LogP contribution in [-0.2, 0) is 9.53 Å². The van der Waals surface area contributed by atoms with Crippen molar-refractivity contribution < 1.29 is 31.9 Å². The van der Waals surface area contributed by atoms with Gasteiger partial charge in [0.15, 0.2) is 33.4 Å². The second kappa shape index (κ2) is 8.94. The second-order valence-electron chi connectivity index (χ2n) is 8.75. The van der Waals surface area contributed by atoms with Crippen LogP contribution in [0.5, 0.6) is 0 Å².